The third kappa shape index (κ3) is 2.82. The van der Waals surface area contributed by atoms with Gasteiger partial charge in [-0.25, -0.2) is 0 Å². The smallest absolute Gasteiger partial charge is 0.254 e. The van der Waals surface area contributed by atoms with Gasteiger partial charge in [-0.05, 0) is 44.6 Å². The van der Waals surface area contributed by atoms with Crippen LogP contribution in [0.5, 0.6) is 5.75 Å². The second kappa shape index (κ2) is 5.40. The highest BCUT2D eigenvalue weighted by molar-refractivity contribution is 5.94. The third-order valence-electron chi connectivity index (χ3n) is 3.46. The summed E-state index contributed by atoms with van der Waals surface area (Å²) in [5.41, 5.74) is 1.37. The van der Waals surface area contributed by atoms with Crippen molar-refractivity contribution in [2.45, 2.75) is 13.3 Å². The average molecular weight is 248 g/mol. The summed E-state index contributed by atoms with van der Waals surface area (Å²) in [5, 5.41) is 9.67. The van der Waals surface area contributed by atoms with Crippen LogP contribution < -0.4 is 0 Å². The molecule has 18 heavy (non-hydrogen) atoms. The van der Waals surface area contributed by atoms with Gasteiger partial charge < -0.3 is 14.9 Å². The van der Waals surface area contributed by atoms with Crippen molar-refractivity contribution in [2.24, 2.45) is 0 Å². The molecule has 2 rings (SSSR count). The van der Waals surface area contributed by atoms with Crippen LogP contribution in [0.4, 0.5) is 0 Å². The fraction of sp³-hybridized carbons (Fsp3) is 0.500. The van der Waals surface area contributed by atoms with Gasteiger partial charge in [0.25, 0.3) is 5.91 Å². The Bertz CT molecular complexity index is 445. The summed E-state index contributed by atoms with van der Waals surface area (Å²) in [6.45, 7) is 5.30. The van der Waals surface area contributed by atoms with Gasteiger partial charge in [0.2, 0.25) is 0 Å². The number of nitrogens with zero attached hydrogens (tertiary/aromatic N) is 2. The van der Waals surface area contributed by atoms with E-state index in [9.17, 15) is 9.90 Å². The maximum absolute atomic E-state index is 12.3. The number of phenolic OH excluding ortho intramolecular Hbond substituents is 1. The van der Waals surface area contributed by atoms with Crippen molar-refractivity contribution in [1.82, 2.24) is 9.80 Å². The van der Waals surface area contributed by atoms with Crippen molar-refractivity contribution in [1.29, 1.82) is 0 Å². The molecule has 0 aliphatic carbocycles. The number of phenols is 1. The maximum Gasteiger partial charge on any atom is 0.254 e. The summed E-state index contributed by atoms with van der Waals surface area (Å²) in [6.07, 6.45) is 1.00. The SMILES string of the molecule is Cc1ccc(C(=O)N2CCCN(C)CC2)cc1O. The fourth-order valence-corrected chi connectivity index (χ4v) is 2.17. The van der Waals surface area contributed by atoms with Gasteiger partial charge in [-0.15, -0.1) is 0 Å². The zero-order valence-corrected chi connectivity index (χ0v) is 11.0. The fourth-order valence-electron chi connectivity index (χ4n) is 2.17. The first-order valence-corrected chi connectivity index (χ1v) is 6.35. The molecule has 0 atom stereocenters. The van der Waals surface area contributed by atoms with Crippen LogP contribution in [0.15, 0.2) is 18.2 Å². The molecular formula is C14H20N2O2. The van der Waals surface area contributed by atoms with Crippen LogP contribution >= 0.6 is 0 Å². The standard InChI is InChI=1S/C14H20N2O2/c1-11-4-5-12(10-13(11)17)14(18)16-7-3-6-15(2)8-9-16/h4-5,10,17H,3,6-9H2,1-2H3. The summed E-state index contributed by atoms with van der Waals surface area (Å²) < 4.78 is 0. The van der Waals surface area contributed by atoms with Crippen LogP contribution in [-0.2, 0) is 0 Å². The Morgan fingerprint density at radius 1 is 1.22 bits per heavy atom. The zero-order chi connectivity index (χ0) is 13.1. The molecular weight excluding hydrogens is 228 g/mol. The number of amides is 1. The van der Waals surface area contributed by atoms with Gasteiger partial charge in [0, 0.05) is 25.2 Å². The monoisotopic (exact) mass is 248 g/mol. The van der Waals surface area contributed by atoms with E-state index >= 15 is 0 Å². The predicted molar refractivity (Wildman–Crippen MR) is 70.9 cm³/mol. The molecule has 1 fully saturated rings. The molecule has 98 valence electrons. The highest BCUT2D eigenvalue weighted by Gasteiger charge is 2.19. The molecule has 1 amide bonds. The number of likely N-dealkylation sites (N-methyl/N-ethyl adjacent to an activating group) is 1. The predicted octanol–water partition coefficient (Wildman–Crippen LogP) is 1.48. The Morgan fingerprint density at radius 2 is 2.00 bits per heavy atom. The summed E-state index contributed by atoms with van der Waals surface area (Å²) in [5.74, 6) is 0.202. The van der Waals surface area contributed by atoms with Gasteiger partial charge in [-0.1, -0.05) is 6.07 Å². The quantitative estimate of drug-likeness (QED) is 0.818. The lowest BCUT2D eigenvalue weighted by atomic mass is 10.1. The number of aryl methyl sites for hydroxylation is 1. The molecule has 1 N–H and O–H groups in total. The molecule has 1 heterocycles. The number of carbonyl (C=O) groups excluding carboxylic acids is 1. The molecule has 4 heteroatoms. The van der Waals surface area contributed by atoms with E-state index in [-0.39, 0.29) is 11.7 Å². The Labute approximate surface area is 108 Å². The van der Waals surface area contributed by atoms with Crippen molar-refractivity contribution in [2.75, 3.05) is 33.2 Å². The topological polar surface area (TPSA) is 43.8 Å². The number of carbonyl (C=O) groups is 1. The summed E-state index contributed by atoms with van der Waals surface area (Å²) in [6, 6.07) is 5.13. The third-order valence-corrected chi connectivity index (χ3v) is 3.46. The zero-order valence-electron chi connectivity index (χ0n) is 11.0. The highest BCUT2D eigenvalue weighted by Crippen LogP contribution is 2.19. The van der Waals surface area contributed by atoms with Gasteiger partial charge in [0.15, 0.2) is 0 Å². The van der Waals surface area contributed by atoms with Crippen LogP contribution in [-0.4, -0.2) is 54.0 Å². The van der Waals surface area contributed by atoms with Crippen LogP contribution in [0.1, 0.15) is 22.3 Å². The van der Waals surface area contributed by atoms with E-state index in [1.807, 2.05) is 11.8 Å². The van der Waals surface area contributed by atoms with Crippen molar-refractivity contribution in [3.8, 4) is 5.75 Å². The van der Waals surface area contributed by atoms with Gasteiger partial charge in [0.1, 0.15) is 5.75 Å². The summed E-state index contributed by atoms with van der Waals surface area (Å²) in [4.78, 5) is 16.4. The minimum atomic E-state index is 0.0144. The van der Waals surface area contributed by atoms with E-state index in [0.717, 1.165) is 38.2 Å². The largest absolute Gasteiger partial charge is 0.508 e. The number of benzene rings is 1. The number of hydrogen-bond donors (Lipinski definition) is 1. The van der Waals surface area contributed by atoms with Crippen molar-refractivity contribution in [3.63, 3.8) is 0 Å². The summed E-state index contributed by atoms with van der Waals surface area (Å²) in [7, 11) is 2.08. The van der Waals surface area contributed by atoms with Gasteiger partial charge in [-0.2, -0.15) is 0 Å². The molecule has 0 radical (unpaired) electrons. The first kappa shape index (κ1) is 12.9. The Hall–Kier alpha value is -1.55. The Balaban J connectivity index is 2.12. The summed E-state index contributed by atoms with van der Waals surface area (Å²) >= 11 is 0. The lowest BCUT2D eigenvalue weighted by Gasteiger charge is -2.20. The van der Waals surface area contributed by atoms with Crippen LogP contribution in [0.2, 0.25) is 0 Å². The molecule has 1 aromatic rings. The van der Waals surface area contributed by atoms with Gasteiger partial charge in [0.05, 0.1) is 0 Å². The number of rotatable bonds is 1. The van der Waals surface area contributed by atoms with Crippen LogP contribution in [0.3, 0.4) is 0 Å². The molecule has 1 aromatic carbocycles. The highest BCUT2D eigenvalue weighted by atomic mass is 16.3. The van der Waals surface area contributed by atoms with Crippen molar-refractivity contribution >= 4 is 5.91 Å². The maximum atomic E-state index is 12.3. The second-order valence-corrected chi connectivity index (χ2v) is 4.95. The molecule has 0 unspecified atom stereocenters. The molecule has 0 spiro atoms. The van der Waals surface area contributed by atoms with Crippen LogP contribution in [0.25, 0.3) is 0 Å². The van der Waals surface area contributed by atoms with Crippen LogP contribution in [0, 0.1) is 6.92 Å². The molecule has 4 nitrogen and oxygen atoms in total. The molecule has 1 aliphatic rings. The Kier molecular flexibility index (Phi) is 3.87. The second-order valence-electron chi connectivity index (χ2n) is 4.95. The van der Waals surface area contributed by atoms with Crippen molar-refractivity contribution < 1.29 is 9.90 Å². The molecule has 1 aliphatic heterocycles. The van der Waals surface area contributed by atoms with E-state index in [2.05, 4.69) is 11.9 Å². The normalized spacial score (nSPS) is 17.6. The van der Waals surface area contributed by atoms with Gasteiger partial charge in [-0.3, -0.25) is 4.79 Å². The van der Waals surface area contributed by atoms with E-state index in [0.29, 0.717) is 5.56 Å². The van der Waals surface area contributed by atoms with E-state index in [1.54, 1.807) is 18.2 Å². The number of hydrogen-bond acceptors (Lipinski definition) is 3. The van der Waals surface area contributed by atoms with Crippen molar-refractivity contribution in [3.05, 3.63) is 29.3 Å². The minimum Gasteiger partial charge on any atom is -0.508 e. The lowest BCUT2D eigenvalue weighted by Crippen LogP contribution is -2.34. The van der Waals surface area contributed by atoms with E-state index in [1.165, 1.54) is 0 Å². The minimum absolute atomic E-state index is 0.0144. The molecule has 0 bridgehead atoms. The first-order valence-electron chi connectivity index (χ1n) is 6.35. The lowest BCUT2D eigenvalue weighted by molar-refractivity contribution is 0.0762. The van der Waals surface area contributed by atoms with E-state index in [4.69, 9.17) is 0 Å². The van der Waals surface area contributed by atoms with Gasteiger partial charge >= 0.3 is 0 Å². The molecule has 0 saturated carbocycles. The molecule has 1 saturated heterocycles. The average Bonchev–Trinajstić information content (AvgIpc) is 2.57. The molecule has 0 aromatic heterocycles. The Morgan fingerprint density at radius 3 is 2.72 bits per heavy atom. The first-order chi connectivity index (χ1) is 8.58. The van der Waals surface area contributed by atoms with E-state index < -0.39 is 0 Å². The number of aromatic hydroxyl groups is 1.